The SMILES string of the molecule is CC(C)c1cc(NC(=O)[C@H]2CCN[C@@H](C)C2)n[nH]1.Cl. The van der Waals surface area contributed by atoms with Crippen molar-refractivity contribution in [1.29, 1.82) is 0 Å². The molecule has 0 bridgehead atoms. The van der Waals surface area contributed by atoms with Crippen LogP contribution in [-0.2, 0) is 4.79 Å². The number of nitrogens with one attached hydrogen (secondary N) is 3. The number of carbonyl (C=O) groups excluding carboxylic acids is 1. The van der Waals surface area contributed by atoms with Gasteiger partial charge in [-0.25, -0.2) is 0 Å². The molecule has 1 fully saturated rings. The topological polar surface area (TPSA) is 69.8 Å². The van der Waals surface area contributed by atoms with E-state index in [-0.39, 0.29) is 24.2 Å². The van der Waals surface area contributed by atoms with Gasteiger partial charge < -0.3 is 10.6 Å². The van der Waals surface area contributed by atoms with E-state index in [1.54, 1.807) is 0 Å². The minimum absolute atomic E-state index is 0. The van der Waals surface area contributed by atoms with Gasteiger partial charge in [0.15, 0.2) is 5.82 Å². The molecule has 2 heterocycles. The summed E-state index contributed by atoms with van der Waals surface area (Å²) >= 11 is 0. The third-order valence-corrected chi connectivity index (χ3v) is 3.47. The van der Waals surface area contributed by atoms with Gasteiger partial charge in [0.25, 0.3) is 0 Å². The number of H-pyrrole nitrogens is 1. The predicted octanol–water partition coefficient (Wildman–Crippen LogP) is 2.28. The zero-order valence-electron chi connectivity index (χ0n) is 11.7. The molecule has 19 heavy (non-hydrogen) atoms. The highest BCUT2D eigenvalue weighted by Crippen LogP contribution is 2.19. The lowest BCUT2D eigenvalue weighted by Gasteiger charge is -2.26. The normalized spacial score (nSPS) is 22.9. The van der Waals surface area contributed by atoms with Crippen molar-refractivity contribution in [3.8, 4) is 0 Å². The number of nitrogens with zero attached hydrogens (tertiary/aromatic N) is 1. The summed E-state index contributed by atoms with van der Waals surface area (Å²) in [6, 6.07) is 2.33. The molecule has 0 aliphatic carbocycles. The van der Waals surface area contributed by atoms with Crippen molar-refractivity contribution in [2.75, 3.05) is 11.9 Å². The number of carbonyl (C=O) groups is 1. The fraction of sp³-hybridized carbons (Fsp3) is 0.692. The molecule has 6 heteroatoms. The van der Waals surface area contributed by atoms with Crippen LogP contribution in [0.4, 0.5) is 5.82 Å². The van der Waals surface area contributed by atoms with E-state index in [1.165, 1.54) is 0 Å². The van der Waals surface area contributed by atoms with Gasteiger partial charge in [0.1, 0.15) is 0 Å². The lowest BCUT2D eigenvalue weighted by atomic mass is 9.92. The Morgan fingerprint density at radius 2 is 2.26 bits per heavy atom. The molecular formula is C13H23ClN4O. The maximum atomic E-state index is 12.1. The van der Waals surface area contributed by atoms with E-state index in [2.05, 4.69) is 41.6 Å². The van der Waals surface area contributed by atoms with E-state index < -0.39 is 0 Å². The molecule has 1 saturated heterocycles. The van der Waals surface area contributed by atoms with Crippen molar-refractivity contribution in [3.63, 3.8) is 0 Å². The lowest BCUT2D eigenvalue weighted by Crippen LogP contribution is -2.40. The van der Waals surface area contributed by atoms with Crippen molar-refractivity contribution in [1.82, 2.24) is 15.5 Å². The largest absolute Gasteiger partial charge is 0.314 e. The van der Waals surface area contributed by atoms with Crippen LogP contribution < -0.4 is 10.6 Å². The van der Waals surface area contributed by atoms with Crippen LogP contribution in [-0.4, -0.2) is 28.7 Å². The van der Waals surface area contributed by atoms with Gasteiger partial charge in [-0.05, 0) is 32.2 Å². The Hall–Kier alpha value is -1.07. The van der Waals surface area contributed by atoms with Gasteiger partial charge in [-0.1, -0.05) is 13.8 Å². The van der Waals surface area contributed by atoms with Crippen molar-refractivity contribution in [3.05, 3.63) is 11.8 Å². The summed E-state index contributed by atoms with van der Waals surface area (Å²) in [6.45, 7) is 7.21. The second-order valence-electron chi connectivity index (χ2n) is 5.43. The number of rotatable bonds is 3. The minimum Gasteiger partial charge on any atom is -0.314 e. The Labute approximate surface area is 120 Å². The van der Waals surface area contributed by atoms with Crippen molar-refractivity contribution < 1.29 is 4.79 Å². The molecule has 1 amide bonds. The first kappa shape index (κ1) is 16.0. The van der Waals surface area contributed by atoms with Gasteiger partial charge in [0.05, 0.1) is 0 Å². The van der Waals surface area contributed by atoms with Gasteiger partial charge in [-0.3, -0.25) is 9.89 Å². The standard InChI is InChI=1S/C13H22N4O.ClH/c1-8(2)11-7-12(17-16-11)15-13(18)10-4-5-14-9(3)6-10;/h7-10,14H,4-6H2,1-3H3,(H2,15,16,17,18);1H/t9-,10-;/m0./s1. The average Bonchev–Trinajstić information content (AvgIpc) is 2.77. The number of aromatic nitrogens is 2. The summed E-state index contributed by atoms with van der Waals surface area (Å²) in [4.78, 5) is 12.1. The van der Waals surface area contributed by atoms with Crippen LogP contribution in [0.15, 0.2) is 6.07 Å². The molecule has 1 aromatic rings. The molecule has 0 radical (unpaired) electrons. The van der Waals surface area contributed by atoms with E-state index in [0.29, 0.717) is 17.8 Å². The van der Waals surface area contributed by atoms with Crippen LogP contribution in [0, 0.1) is 5.92 Å². The summed E-state index contributed by atoms with van der Waals surface area (Å²) < 4.78 is 0. The number of amides is 1. The summed E-state index contributed by atoms with van der Waals surface area (Å²) in [5, 5.41) is 13.3. The first-order chi connectivity index (χ1) is 8.56. The number of hydrogen-bond donors (Lipinski definition) is 3. The maximum Gasteiger partial charge on any atom is 0.228 e. The highest BCUT2D eigenvalue weighted by atomic mass is 35.5. The monoisotopic (exact) mass is 286 g/mol. The molecule has 1 aromatic heterocycles. The first-order valence-electron chi connectivity index (χ1n) is 6.66. The van der Waals surface area contributed by atoms with Crippen LogP contribution >= 0.6 is 12.4 Å². The molecule has 2 rings (SSSR count). The summed E-state index contributed by atoms with van der Waals surface area (Å²) in [6.07, 6.45) is 1.80. The average molecular weight is 287 g/mol. The van der Waals surface area contributed by atoms with Crippen LogP contribution in [0.3, 0.4) is 0 Å². The number of anilines is 1. The Balaban J connectivity index is 0.00000180. The number of hydrogen-bond acceptors (Lipinski definition) is 3. The minimum atomic E-state index is 0. The van der Waals surface area contributed by atoms with E-state index in [9.17, 15) is 4.79 Å². The molecule has 0 spiro atoms. The molecule has 3 N–H and O–H groups in total. The molecule has 2 atom stereocenters. The van der Waals surface area contributed by atoms with E-state index in [1.807, 2.05) is 6.07 Å². The molecule has 5 nitrogen and oxygen atoms in total. The Bertz CT molecular complexity index is 419. The predicted molar refractivity (Wildman–Crippen MR) is 78.7 cm³/mol. The maximum absolute atomic E-state index is 12.1. The molecule has 0 aromatic carbocycles. The van der Waals surface area contributed by atoms with Gasteiger partial charge in [-0.15, -0.1) is 12.4 Å². The van der Waals surface area contributed by atoms with Crippen LogP contribution in [0.1, 0.15) is 45.2 Å². The Morgan fingerprint density at radius 1 is 1.53 bits per heavy atom. The van der Waals surface area contributed by atoms with E-state index in [4.69, 9.17) is 0 Å². The number of halogens is 1. The molecular weight excluding hydrogens is 264 g/mol. The second kappa shape index (κ2) is 6.91. The number of aromatic amines is 1. The molecule has 1 aliphatic heterocycles. The highest BCUT2D eigenvalue weighted by Gasteiger charge is 2.25. The fourth-order valence-electron chi connectivity index (χ4n) is 2.29. The van der Waals surface area contributed by atoms with Gasteiger partial charge in [0, 0.05) is 23.7 Å². The van der Waals surface area contributed by atoms with Crippen molar-refractivity contribution >= 4 is 24.1 Å². The first-order valence-corrected chi connectivity index (χ1v) is 6.66. The van der Waals surface area contributed by atoms with Crippen LogP contribution in [0.2, 0.25) is 0 Å². The third kappa shape index (κ3) is 4.21. The third-order valence-electron chi connectivity index (χ3n) is 3.47. The summed E-state index contributed by atoms with van der Waals surface area (Å²) in [5.41, 5.74) is 1.05. The zero-order chi connectivity index (χ0) is 13.1. The molecule has 0 unspecified atom stereocenters. The Morgan fingerprint density at radius 3 is 2.84 bits per heavy atom. The van der Waals surface area contributed by atoms with Crippen LogP contribution in [0.25, 0.3) is 0 Å². The molecule has 0 saturated carbocycles. The van der Waals surface area contributed by atoms with E-state index >= 15 is 0 Å². The van der Waals surface area contributed by atoms with Crippen LogP contribution in [0.5, 0.6) is 0 Å². The van der Waals surface area contributed by atoms with Gasteiger partial charge in [0.2, 0.25) is 5.91 Å². The fourth-order valence-corrected chi connectivity index (χ4v) is 2.29. The lowest BCUT2D eigenvalue weighted by molar-refractivity contribution is -0.120. The van der Waals surface area contributed by atoms with Crippen molar-refractivity contribution in [2.24, 2.45) is 5.92 Å². The molecule has 1 aliphatic rings. The second-order valence-corrected chi connectivity index (χ2v) is 5.43. The summed E-state index contributed by atoms with van der Waals surface area (Å²) in [7, 11) is 0. The highest BCUT2D eigenvalue weighted by molar-refractivity contribution is 5.91. The van der Waals surface area contributed by atoms with Gasteiger partial charge >= 0.3 is 0 Å². The summed E-state index contributed by atoms with van der Waals surface area (Å²) in [5.74, 6) is 1.21. The van der Waals surface area contributed by atoms with Gasteiger partial charge in [-0.2, -0.15) is 5.10 Å². The smallest absolute Gasteiger partial charge is 0.228 e. The quantitative estimate of drug-likeness (QED) is 0.798. The van der Waals surface area contributed by atoms with Crippen molar-refractivity contribution in [2.45, 2.75) is 45.6 Å². The Kier molecular flexibility index (Phi) is 5.82. The zero-order valence-corrected chi connectivity index (χ0v) is 12.5. The number of piperidine rings is 1. The molecule has 108 valence electrons. The van der Waals surface area contributed by atoms with E-state index in [0.717, 1.165) is 25.1 Å².